The Morgan fingerprint density at radius 1 is 0.439 bits per heavy atom. The van der Waals surface area contributed by atoms with E-state index in [1.165, 1.54) is 28.4 Å². The first-order valence-electron chi connectivity index (χ1n) is 13.9. The van der Waals surface area contributed by atoms with E-state index >= 15 is 0 Å². The smallest absolute Gasteiger partial charge is 0.183 e. The van der Waals surface area contributed by atoms with Crippen LogP contribution in [0.25, 0.3) is 0 Å². The van der Waals surface area contributed by atoms with Gasteiger partial charge in [-0.15, -0.1) is 0 Å². The number of aliphatic hydroxyl groups is 6. The van der Waals surface area contributed by atoms with E-state index < -0.39 is 55.3 Å². The second-order valence-electron chi connectivity index (χ2n) is 10.7. The van der Waals surface area contributed by atoms with Gasteiger partial charge in [-0.2, -0.15) is 0 Å². The van der Waals surface area contributed by atoms with Gasteiger partial charge in [-0.05, 0) is 5.92 Å². The molecule has 3 saturated heterocycles. The molecule has 0 aliphatic carbocycles. The van der Waals surface area contributed by atoms with Crippen LogP contribution in [0.3, 0.4) is 0 Å². The second kappa shape index (κ2) is 19.0. The normalized spacial score (nSPS) is 44.7. The predicted octanol–water partition coefficient (Wildman–Crippen LogP) is -1.29. The average molecular weight is 603 g/mol. The lowest BCUT2D eigenvalue weighted by molar-refractivity contribution is -0.283. The minimum atomic E-state index is -0.729. The van der Waals surface area contributed by atoms with Crippen LogP contribution >= 0.6 is 0 Å². The molecular weight excluding hydrogens is 548 g/mol. The molecular formula is C27H54O14. The highest BCUT2D eigenvalue weighted by Gasteiger charge is 2.44. The third kappa shape index (κ3) is 9.71. The van der Waals surface area contributed by atoms with Crippen LogP contribution in [0.15, 0.2) is 0 Å². The number of rotatable bonds is 8. The minimum Gasteiger partial charge on any atom is -0.394 e. The first-order chi connectivity index (χ1) is 19.4. The maximum atomic E-state index is 9.84. The molecule has 3 rings (SSSR count). The van der Waals surface area contributed by atoms with E-state index in [-0.39, 0.29) is 55.9 Å². The maximum absolute atomic E-state index is 9.84. The number of ether oxygens (including phenoxy) is 8. The highest BCUT2D eigenvalue weighted by atomic mass is 16.7. The molecule has 6 N–H and O–H groups in total. The van der Waals surface area contributed by atoms with Crippen LogP contribution in [0.1, 0.15) is 27.7 Å². The highest BCUT2D eigenvalue weighted by molar-refractivity contribution is 4.89. The monoisotopic (exact) mass is 602 g/mol. The SMILES string of the molecule is COC1OC(CO)[C@@H](O)[C@H](C)[C@@H]1C.COC1OC(CO)[C@@H](OC)[C@H](C)[C@@H]1O.COC1OC(CO)[C@@H](OC)[C@H](O)[C@@H]1C. The topological polar surface area (TPSA) is 195 Å². The Kier molecular flexibility index (Phi) is 17.8. The van der Waals surface area contributed by atoms with Crippen molar-refractivity contribution in [3.8, 4) is 0 Å². The van der Waals surface area contributed by atoms with Gasteiger partial charge in [0.15, 0.2) is 18.9 Å². The molecule has 15 atom stereocenters. The molecule has 14 heteroatoms. The molecule has 0 amide bonds. The third-order valence-electron chi connectivity index (χ3n) is 8.26. The van der Waals surface area contributed by atoms with Crippen molar-refractivity contribution >= 4 is 0 Å². The van der Waals surface area contributed by atoms with Crippen LogP contribution < -0.4 is 0 Å². The van der Waals surface area contributed by atoms with Crippen molar-refractivity contribution in [3.05, 3.63) is 0 Å². The van der Waals surface area contributed by atoms with Gasteiger partial charge in [0.1, 0.15) is 30.5 Å². The van der Waals surface area contributed by atoms with Gasteiger partial charge in [0, 0.05) is 53.3 Å². The summed E-state index contributed by atoms with van der Waals surface area (Å²) in [7, 11) is 7.56. The van der Waals surface area contributed by atoms with E-state index in [4.69, 9.17) is 53.2 Å². The molecule has 41 heavy (non-hydrogen) atoms. The molecule has 0 aromatic heterocycles. The molecule has 0 aromatic rings. The Labute approximate surface area is 243 Å². The maximum Gasteiger partial charge on any atom is 0.183 e. The Hall–Kier alpha value is -0.560. The molecule has 3 aliphatic rings. The van der Waals surface area contributed by atoms with Crippen LogP contribution in [0.4, 0.5) is 0 Å². The zero-order valence-electron chi connectivity index (χ0n) is 25.7. The van der Waals surface area contributed by atoms with Crippen molar-refractivity contribution in [2.45, 2.75) is 95.4 Å². The fraction of sp³-hybridized carbons (Fsp3) is 1.00. The van der Waals surface area contributed by atoms with E-state index in [2.05, 4.69) is 0 Å². The Morgan fingerprint density at radius 2 is 0.854 bits per heavy atom. The van der Waals surface area contributed by atoms with Gasteiger partial charge in [-0.1, -0.05) is 27.7 Å². The van der Waals surface area contributed by atoms with E-state index in [1.54, 1.807) is 7.11 Å². The summed E-state index contributed by atoms with van der Waals surface area (Å²) < 4.78 is 41.5. The summed E-state index contributed by atoms with van der Waals surface area (Å²) in [6, 6.07) is 0. The first kappa shape index (κ1) is 38.5. The van der Waals surface area contributed by atoms with Gasteiger partial charge >= 0.3 is 0 Å². The Bertz CT molecular complexity index is 626. The first-order valence-corrected chi connectivity index (χ1v) is 13.9. The Morgan fingerprint density at radius 3 is 1.29 bits per heavy atom. The van der Waals surface area contributed by atoms with Gasteiger partial charge in [0.05, 0.1) is 38.1 Å². The summed E-state index contributed by atoms with van der Waals surface area (Å²) in [6.07, 6.45) is -5.81. The van der Waals surface area contributed by atoms with Crippen molar-refractivity contribution < 1.29 is 68.5 Å². The lowest BCUT2D eigenvalue weighted by atomic mass is 9.85. The Balaban J connectivity index is 0.000000308. The zero-order chi connectivity index (χ0) is 31.4. The van der Waals surface area contributed by atoms with E-state index in [9.17, 15) is 15.3 Å². The summed E-state index contributed by atoms with van der Waals surface area (Å²) in [4.78, 5) is 0. The molecule has 6 unspecified atom stereocenters. The number of hydrogen-bond acceptors (Lipinski definition) is 14. The largest absolute Gasteiger partial charge is 0.394 e. The van der Waals surface area contributed by atoms with Crippen molar-refractivity contribution in [1.82, 2.24) is 0 Å². The van der Waals surface area contributed by atoms with Crippen LogP contribution in [-0.4, -0.2) is 154 Å². The quantitative estimate of drug-likeness (QED) is 0.192. The number of hydrogen-bond donors (Lipinski definition) is 6. The molecule has 3 heterocycles. The standard InChI is InChI=1S/2C9H18O5.C9H18O4/c1-5-7(11)8(12-2)6(4-10)14-9(5)13-3;1-5-7(11)9(13-3)14-6(4-10)8(5)12-2;1-5-6(2)9(12-3)13-7(4-10)8(5)11/h2*5-11H,4H2,1-3H3;5-11H,4H2,1-3H3/t2*5-,6?,7+,8+,9?;5-,6+,7?,8+,9?/m011/s1. The van der Waals surface area contributed by atoms with Gasteiger partial charge in [0.25, 0.3) is 0 Å². The molecule has 3 aliphatic heterocycles. The van der Waals surface area contributed by atoms with Crippen molar-refractivity contribution in [2.24, 2.45) is 23.7 Å². The molecule has 0 bridgehead atoms. The fourth-order valence-corrected chi connectivity index (χ4v) is 5.28. The lowest BCUT2D eigenvalue weighted by Crippen LogP contribution is -2.55. The second-order valence-corrected chi connectivity index (χ2v) is 10.7. The third-order valence-corrected chi connectivity index (χ3v) is 8.26. The zero-order valence-corrected chi connectivity index (χ0v) is 25.7. The van der Waals surface area contributed by atoms with Crippen LogP contribution in [0.2, 0.25) is 0 Å². The summed E-state index contributed by atoms with van der Waals surface area (Å²) >= 11 is 0. The molecule has 14 nitrogen and oxygen atoms in total. The average Bonchev–Trinajstić information content (AvgIpc) is 2.99. The van der Waals surface area contributed by atoms with E-state index in [1.807, 2.05) is 27.7 Å². The van der Waals surface area contributed by atoms with Gasteiger partial charge in [-0.3, -0.25) is 0 Å². The molecule has 0 spiro atoms. The van der Waals surface area contributed by atoms with Crippen LogP contribution in [0, 0.1) is 23.7 Å². The summed E-state index contributed by atoms with van der Waals surface area (Å²) in [5, 5.41) is 56.3. The summed E-state index contributed by atoms with van der Waals surface area (Å²) in [5.41, 5.74) is 0. The van der Waals surface area contributed by atoms with E-state index in [0.717, 1.165) is 0 Å². The summed E-state index contributed by atoms with van der Waals surface area (Å²) in [5.74, 6) is -0.0813. The van der Waals surface area contributed by atoms with Crippen molar-refractivity contribution in [3.63, 3.8) is 0 Å². The fourth-order valence-electron chi connectivity index (χ4n) is 5.28. The molecule has 0 saturated carbocycles. The van der Waals surface area contributed by atoms with Gasteiger partial charge < -0.3 is 68.5 Å². The minimum absolute atomic E-state index is 0.0795. The molecule has 246 valence electrons. The number of methoxy groups -OCH3 is 5. The van der Waals surface area contributed by atoms with E-state index in [0.29, 0.717) is 0 Å². The summed E-state index contributed by atoms with van der Waals surface area (Å²) in [6.45, 7) is 7.06. The molecule has 0 radical (unpaired) electrons. The molecule has 0 aromatic carbocycles. The lowest BCUT2D eigenvalue weighted by Gasteiger charge is -2.41. The van der Waals surface area contributed by atoms with Crippen molar-refractivity contribution in [2.75, 3.05) is 55.4 Å². The highest BCUT2D eigenvalue weighted by Crippen LogP contribution is 2.31. The number of aliphatic hydroxyl groups excluding tert-OH is 6. The van der Waals surface area contributed by atoms with Crippen LogP contribution in [0.5, 0.6) is 0 Å². The van der Waals surface area contributed by atoms with Crippen LogP contribution in [-0.2, 0) is 37.9 Å². The van der Waals surface area contributed by atoms with Gasteiger partial charge in [-0.25, -0.2) is 0 Å². The van der Waals surface area contributed by atoms with Gasteiger partial charge in [0.2, 0.25) is 0 Å². The molecule has 3 fully saturated rings. The van der Waals surface area contributed by atoms with Crippen molar-refractivity contribution in [1.29, 1.82) is 0 Å². The predicted molar refractivity (Wildman–Crippen MR) is 145 cm³/mol.